The highest BCUT2D eigenvalue weighted by Crippen LogP contribution is 2.18. The Labute approximate surface area is 126 Å². The molecule has 6 nitrogen and oxygen atoms in total. The summed E-state index contributed by atoms with van der Waals surface area (Å²) in [5.41, 5.74) is -0.377. The second-order valence-corrected chi connectivity index (χ2v) is 5.43. The molecule has 22 heavy (non-hydrogen) atoms. The van der Waals surface area contributed by atoms with Crippen molar-refractivity contribution < 1.29 is 4.79 Å². The highest BCUT2D eigenvalue weighted by Gasteiger charge is 2.24. The Kier molecular flexibility index (Phi) is 3.66. The molecule has 0 spiro atoms. The number of hydrogen-bond acceptors (Lipinski definition) is 3. The first-order valence-electron chi connectivity index (χ1n) is 7.24. The van der Waals surface area contributed by atoms with Crippen LogP contribution in [0.15, 0.2) is 46.5 Å². The van der Waals surface area contributed by atoms with Crippen molar-refractivity contribution in [3.8, 4) is 0 Å². The zero-order valence-corrected chi connectivity index (χ0v) is 12.1. The summed E-state index contributed by atoms with van der Waals surface area (Å²) in [6, 6.07) is 7.05. The summed E-state index contributed by atoms with van der Waals surface area (Å²) in [6.07, 6.45) is 3.46. The number of carbonyl (C=O) groups is 1. The minimum atomic E-state index is -0.491. The molecule has 1 aliphatic carbocycles. The van der Waals surface area contributed by atoms with Crippen LogP contribution in [0.2, 0.25) is 0 Å². The van der Waals surface area contributed by atoms with Gasteiger partial charge >= 0.3 is 5.69 Å². The number of nitrogens with one attached hydrogen (secondary N) is 1. The third-order valence-electron chi connectivity index (χ3n) is 3.69. The Hall–Kier alpha value is -2.63. The zero-order chi connectivity index (χ0) is 15.7. The quantitative estimate of drug-likeness (QED) is 0.823. The second kappa shape index (κ2) is 5.63. The molecular weight excluding hydrogens is 282 g/mol. The number of rotatable bonds is 5. The standard InChI is InChI=1S/C16H17N3O3/c1-2-9-18-15(21)12-5-3-4-6-13(12)19(16(18)22)10-14(20)17-11-7-8-11/h2-6,11H,1,7-10H2,(H,17,20). The molecule has 1 saturated carbocycles. The largest absolute Gasteiger partial charge is 0.352 e. The monoisotopic (exact) mass is 299 g/mol. The van der Waals surface area contributed by atoms with Crippen LogP contribution in [0.5, 0.6) is 0 Å². The van der Waals surface area contributed by atoms with Crippen molar-refractivity contribution in [3.05, 3.63) is 57.8 Å². The van der Waals surface area contributed by atoms with Crippen molar-refractivity contribution in [3.63, 3.8) is 0 Å². The SMILES string of the molecule is C=CCn1c(=O)c2ccccc2n(CC(=O)NC2CC2)c1=O. The molecule has 1 fully saturated rings. The molecule has 114 valence electrons. The van der Waals surface area contributed by atoms with Gasteiger partial charge in [0.15, 0.2) is 0 Å². The predicted octanol–water partition coefficient (Wildman–Crippen LogP) is 0.628. The smallest absolute Gasteiger partial charge is 0.332 e. The fourth-order valence-electron chi connectivity index (χ4n) is 2.46. The van der Waals surface area contributed by atoms with Gasteiger partial charge in [0, 0.05) is 12.6 Å². The molecule has 1 aromatic heterocycles. The zero-order valence-electron chi connectivity index (χ0n) is 12.1. The van der Waals surface area contributed by atoms with Crippen molar-refractivity contribution in [2.75, 3.05) is 0 Å². The molecule has 0 unspecified atom stereocenters. The van der Waals surface area contributed by atoms with E-state index in [-0.39, 0.29) is 30.6 Å². The average molecular weight is 299 g/mol. The maximum Gasteiger partial charge on any atom is 0.332 e. The first kappa shape index (κ1) is 14.3. The number of carbonyl (C=O) groups excluding carboxylic acids is 1. The predicted molar refractivity (Wildman–Crippen MR) is 83.8 cm³/mol. The molecule has 1 N–H and O–H groups in total. The number of allylic oxidation sites excluding steroid dienone is 1. The lowest BCUT2D eigenvalue weighted by Gasteiger charge is -2.13. The normalized spacial score (nSPS) is 14.0. The van der Waals surface area contributed by atoms with Crippen LogP contribution < -0.4 is 16.6 Å². The molecule has 1 heterocycles. The van der Waals surface area contributed by atoms with E-state index in [1.807, 2.05) is 0 Å². The van der Waals surface area contributed by atoms with Crippen LogP contribution >= 0.6 is 0 Å². The van der Waals surface area contributed by atoms with Crippen LogP contribution in [0.1, 0.15) is 12.8 Å². The highest BCUT2D eigenvalue weighted by atomic mass is 16.2. The first-order valence-corrected chi connectivity index (χ1v) is 7.24. The molecule has 0 saturated heterocycles. The molecule has 0 bridgehead atoms. The molecular formula is C16H17N3O3. The number of amides is 1. The van der Waals surface area contributed by atoms with E-state index in [9.17, 15) is 14.4 Å². The van der Waals surface area contributed by atoms with Crippen molar-refractivity contribution in [1.82, 2.24) is 14.5 Å². The van der Waals surface area contributed by atoms with Gasteiger partial charge in [-0.05, 0) is 25.0 Å². The van der Waals surface area contributed by atoms with Gasteiger partial charge in [0.05, 0.1) is 10.9 Å². The topological polar surface area (TPSA) is 73.1 Å². The number of nitrogens with zero attached hydrogens (tertiary/aromatic N) is 2. The van der Waals surface area contributed by atoms with Crippen LogP contribution in [0.3, 0.4) is 0 Å². The Bertz CT molecular complexity index is 859. The van der Waals surface area contributed by atoms with Crippen LogP contribution in [0.4, 0.5) is 0 Å². The molecule has 3 rings (SSSR count). The van der Waals surface area contributed by atoms with E-state index in [0.29, 0.717) is 10.9 Å². The summed E-state index contributed by atoms with van der Waals surface area (Å²) < 4.78 is 2.44. The van der Waals surface area contributed by atoms with E-state index in [0.717, 1.165) is 17.4 Å². The van der Waals surface area contributed by atoms with E-state index < -0.39 is 5.69 Å². The van der Waals surface area contributed by atoms with Gasteiger partial charge in [0.1, 0.15) is 6.54 Å². The lowest BCUT2D eigenvalue weighted by atomic mass is 10.2. The van der Waals surface area contributed by atoms with Crippen molar-refractivity contribution in [1.29, 1.82) is 0 Å². The van der Waals surface area contributed by atoms with Crippen molar-refractivity contribution >= 4 is 16.8 Å². The maximum atomic E-state index is 12.5. The van der Waals surface area contributed by atoms with Crippen LogP contribution in [0.25, 0.3) is 10.9 Å². The molecule has 1 aromatic carbocycles. The van der Waals surface area contributed by atoms with E-state index >= 15 is 0 Å². The molecule has 6 heteroatoms. The van der Waals surface area contributed by atoms with Gasteiger partial charge in [0.2, 0.25) is 5.91 Å². The minimum absolute atomic E-state index is 0.0900. The summed E-state index contributed by atoms with van der Waals surface area (Å²) in [6.45, 7) is 3.60. The minimum Gasteiger partial charge on any atom is -0.352 e. The molecule has 1 amide bonds. The summed E-state index contributed by atoms with van der Waals surface area (Å²) in [7, 11) is 0. The van der Waals surface area contributed by atoms with Crippen LogP contribution in [0, 0.1) is 0 Å². The van der Waals surface area contributed by atoms with Gasteiger partial charge in [-0.25, -0.2) is 4.79 Å². The molecule has 0 aliphatic heterocycles. The van der Waals surface area contributed by atoms with Gasteiger partial charge in [-0.2, -0.15) is 0 Å². The van der Waals surface area contributed by atoms with E-state index in [1.165, 1.54) is 10.6 Å². The number of para-hydroxylation sites is 1. The number of aromatic nitrogens is 2. The first-order chi connectivity index (χ1) is 10.6. The van der Waals surface area contributed by atoms with Gasteiger partial charge in [-0.3, -0.25) is 18.7 Å². The lowest BCUT2D eigenvalue weighted by molar-refractivity contribution is -0.121. The van der Waals surface area contributed by atoms with Crippen molar-refractivity contribution in [2.45, 2.75) is 32.0 Å². The van der Waals surface area contributed by atoms with Crippen LogP contribution in [-0.2, 0) is 17.9 Å². The summed E-state index contributed by atoms with van der Waals surface area (Å²) in [5.74, 6) is -0.210. The fraction of sp³-hybridized carbons (Fsp3) is 0.312. The van der Waals surface area contributed by atoms with Crippen molar-refractivity contribution in [2.24, 2.45) is 0 Å². The summed E-state index contributed by atoms with van der Waals surface area (Å²) in [4.78, 5) is 36.9. The van der Waals surface area contributed by atoms with E-state index in [1.54, 1.807) is 24.3 Å². The second-order valence-electron chi connectivity index (χ2n) is 5.43. The average Bonchev–Trinajstić information content (AvgIpc) is 3.32. The third kappa shape index (κ3) is 2.59. The molecule has 0 radical (unpaired) electrons. The van der Waals surface area contributed by atoms with Gasteiger partial charge in [-0.1, -0.05) is 18.2 Å². The Morgan fingerprint density at radius 2 is 2.00 bits per heavy atom. The third-order valence-corrected chi connectivity index (χ3v) is 3.69. The fourth-order valence-corrected chi connectivity index (χ4v) is 2.46. The van der Waals surface area contributed by atoms with Gasteiger partial charge < -0.3 is 5.32 Å². The molecule has 0 atom stereocenters. The Morgan fingerprint density at radius 1 is 1.27 bits per heavy atom. The summed E-state index contributed by atoms with van der Waals surface area (Å²) >= 11 is 0. The van der Waals surface area contributed by atoms with E-state index in [4.69, 9.17) is 0 Å². The van der Waals surface area contributed by atoms with E-state index in [2.05, 4.69) is 11.9 Å². The Balaban J connectivity index is 2.13. The molecule has 1 aliphatic rings. The highest BCUT2D eigenvalue weighted by molar-refractivity contribution is 5.81. The number of hydrogen-bond donors (Lipinski definition) is 1. The maximum absolute atomic E-state index is 12.5. The lowest BCUT2D eigenvalue weighted by Crippen LogP contribution is -2.42. The van der Waals surface area contributed by atoms with Gasteiger partial charge in [-0.15, -0.1) is 6.58 Å². The molecule has 2 aromatic rings. The number of benzene rings is 1. The summed E-state index contributed by atoms with van der Waals surface area (Å²) in [5, 5.41) is 3.27. The Morgan fingerprint density at radius 3 is 2.68 bits per heavy atom. The van der Waals surface area contributed by atoms with Gasteiger partial charge in [0.25, 0.3) is 5.56 Å². The number of fused-ring (bicyclic) bond motifs is 1. The van der Waals surface area contributed by atoms with Crippen LogP contribution in [-0.4, -0.2) is 21.1 Å².